The molecule has 4 nitrogen and oxygen atoms in total. The van der Waals surface area contributed by atoms with E-state index in [1.165, 1.54) is 19.3 Å². The number of carbonyl (C=O) groups is 1. The number of nitrogens with one attached hydrogen (secondary N) is 1. The van der Waals surface area contributed by atoms with Crippen LogP contribution < -0.4 is 10.2 Å². The normalized spacial score (nSPS) is 35.0. The molecule has 4 aliphatic carbocycles. The van der Waals surface area contributed by atoms with Crippen molar-refractivity contribution in [1.82, 2.24) is 4.98 Å². The van der Waals surface area contributed by atoms with Gasteiger partial charge in [0.05, 0.1) is 23.3 Å². The number of aromatic nitrogens is 1. The van der Waals surface area contributed by atoms with Gasteiger partial charge >= 0.3 is 0 Å². The van der Waals surface area contributed by atoms with E-state index in [0.717, 1.165) is 53.4 Å². The van der Waals surface area contributed by atoms with Gasteiger partial charge in [-0.2, -0.15) is 0 Å². The third-order valence-corrected chi connectivity index (χ3v) is 8.16. The Balaban J connectivity index is 1.46. The molecule has 4 bridgehead atoms. The molecular weight excluding hydrogens is 346 g/mol. The second-order valence-electron chi connectivity index (χ2n) is 9.60. The Morgan fingerprint density at radius 2 is 1.89 bits per heavy atom. The first kappa shape index (κ1) is 16.6. The highest BCUT2D eigenvalue weighted by Gasteiger charge is 2.60. The lowest BCUT2D eigenvalue weighted by molar-refractivity contribution is -0.154. The number of hydrogen-bond acceptors (Lipinski definition) is 3. The Labute approximate surface area is 166 Å². The molecule has 0 radical (unpaired) electrons. The van der Waals surface area contributed by atoms with Gasteiger partial charge in [-0.1, -0.05) is 25.1 Å². The van der Waals surface area contributed by atoms with Crippen LogP contribution in [0, 0.1) is 29.1 Å². The van der Waals surface area contributed by atoms with Crippen molar-refractivity contribution >= 4 is 23.1 Å². The summed E-state index contributed by atoms with van der Waals surface area (Å²) >= 11 is 0. The van der Waals surface area contributed by atoms with Crippen LogP contribution in [-0.4, -0.2) is 10.9 Å². The van der Waals surface area contributed by atoms with E-state index in [-0.39, 0.29) is 5.41 Å². The fourth-order valence-corrected chi connectivity index (χ4v) is 6.99. The van der Waals surface area contributed by atoms with Crippen molar-refractivity contribution in [2.45, 2.75) is 45.6 Å². The molecule has 2 aromatic rings. The van der Waals surface area contributed by atoms with E-state index in [1.807, 2.05) is 24.4 Å². The molecule has 1 amide bonds. The number of para-hydroxylation sites is 2. The molecule has 0 saturated heterocycles. The maximum absolute atomic E-state index is 14.3. The molecule has 4 saturated carbocycles. The first-order valence-electron chi connectivity index (χ1n) is 10.8. The summed E-state index contributed by atoms with van der Waals surface area (Å²) in [7, 11) is 0. The van der Waals surface area contributed by atoms with Crippen LogP contribution in [0.4, 0.5) is 17.2 Å². The number of hydrogen-bond donors (Lipinski definition) is 1. The Morgan fingerprint density at radius 1 is 1.11 bits per heavy atom. The zero-order chi connectivity index (χ0) is 18.9. The molecular formula is C24H27N3O. The lowest BCUT2D eigenvalue weighted by Crippen LogP contribution is -2.59. The molecule has 1 aromatic carbocycles. The maximum Gasteiger partial charge on any atom is 0.233 e. The quantitative estimate of drug-likeness (QED) is 0.753. The lowest BCUT2D eigenvalue weighted by Gasteiger charge is -2.60. The first-order valence-corrected chi connectivity index (χ1v) is 10.8. The SMILES string of the molecule is C[C@@H]1C2C[C@@H]3C[C@H](C2)CC1(C(=O)N1Cc2cccnc2Nc2ccccc21)C3. The molecule has 4 fully saturated rings. The van der Waals surface area contributed by atoms with Crippen molar-refractivity contribution in [3.05, 3.63) is 48.2 Å². The largest absolute Gasteiger partial charge is 0.338 e. The van der Waals surface area contributed by atoms with E-state index in [9.17, 15) is 4.79 Å². The highest BCUT2D eigenvalue weighted by molar-refractivity contribution is 6.02. The molecule has 144 valence electrons. The topological polar surface area (TPSA) is 45.2 Å². The van der Waals surface area contributed by atoms with Gasteiger partial charge in [0, 0.05) is 11.8 Å². The van der Waals surface area contributed by atoms with Gasteiger partial charge < -0.3 is 10.2 Å². The van der Waals surface area contributed by atoms with E-state index in [4.69, 9.17) is 0 Å². The van der Waals surface area contributed by atoms with Gasteiger partial charge in [-0.05, 0) is 74.0 Å². The van der Waals surface area contributed by atoms with Gasteiger partial charge in [0.2, 0.25) is 5.91 Å². The third-order valence-electron chi connectivity index (χ3n) is 8.16. The number of pyridine rings is 1. The maximum atomic E-state index is 14.3. The molecule has 1 aliphatic heterocycles. The Bertz CT molecular complexity index is 940. The van der Waals surface area contributed by atoms with Gasteiger partial charge in [-0.15, -0.1) is 0 Å². The summed E-state index contributed by atoms with van der Waals surface area (Å²) in [5.74, 6) is 3.96. The highest BCUT2D eigenvalue weighted by Crippen LogP contribution is 2.63. The van der Waals surface area contributed by atoms with Crippen molar-refractivity contribution in [3.8, 4) is 0 Å². The number of rotatable bonds is 1. The molecule has 0 spiro atoms. The molecule has 2 unspecified atom stereocenters. The first-order chi connectivity index (χ1) is 13.6. The Morgan fingerprint density at radius 3 is 2.71 bits per heavy atom. The van der Waals surface area contributed by atoms with Crippen molar-refractivity contribution in [1.29, 1.82) is 0 Å². The molecule has 1 aromatic heterocycles. The van der Waals surface area contributed by atoms with Gasteiger partial charge in [0.1, 0.15) is 5.82 Å². The second-order valence-corrected chi connectivity index (χ2v) is 9.60. The van der Waals surface area contributed by atoms with E-state index in [0.29, 0.717) is 18.4 Å². The van der Waals surface area contributed by atoms with Gasteiger partial charge in [0.25, 0.3) is 0 Å². The number of benzene rings is 1. The minimum Gasteiger partial charge on any atom is -0.338 e. The van der Waals surface area contributed by atoms with E-state index in [1.54, 1.807) is 0 Å². The Kier molecular flexibility index (Phi) is 3.45. The predicted molar refractivity (Wildman–Crippen MR) is 110 cm³/mol. The monoisotopic (exact) mass is 373 g/mol. The van der Waals surface area contributed by atoms with Crippen molar-refractivity contribution < 1.29 is 4.79 Å². The summed E-state index contributed by atoms with van der Waals surface area (Å²) in [5, 5.41) is 3.47. The summed E-state index contributed by atoms with van der Waals surface area (Å²) in [4.78, 5) is 20.9. The standard InChI is InChI=1S/C24H27N3O/c1-15-19-10-16-9-17(11-19)13-24(15,12-16)23(28)27-14-18-5-4-8-25-22(18)26-20-6-2-3-7-21(20)27/h2-8,15-17,19H,9-14H2,1H3,(H,25,26)/t15-,16-,17+,19?,24?/m1/s1. The molecule has 28 heavy (non-hydrogen) atoms. The third kappa shape index (κ3) is 2.23. The Hall–Kier alpha value is -2.36. The van der Waals surface area contributed by atoms with Gasteiger partial charge in [-0.3, -0.25) is 4.79 Å². The van der Waals surface area contributed by atoms with E-state index < -0.39 is 0 Å². The van der Waals surface area contributed by atoms with Crippen LogP contribution >= 0.6 is 0 Å². The van der Waals surface area contributed by atoms with Crippen molar-refractivity contribution in [2.24, 2.45) is 29.1 Å². The number of carbonyl (C=O) groups excluding carboxylic acids is 1. The van der Waals surface area contributed by atoms with Gasteiger partial charge in [0.15, 0.2) is 0 Å². The summed E-state index contributed by atoms with van der Waals surface area (Å²) in [6, 6.07) is 12.2. The van der Waals surface area contributed by atoms with Crippen molar-refractivity contribution in [2.75, 3.05) is 10.2 Å². The summed E-state index contributed by atoms with van der Waals surface area (Å²) in [6.07, 6.45) is 8.03. The molecule has 5 aliphatic rings. The minimum absolute atomic E-state index is 0.172. The number of anilines is 3. The number of amides is 1. The van der Waals surface area contributed by atoms with E-state index in [2.05, 4.69) is 40.3 Å². The summed E-state index contributed by atoms with van der Waals surface area (Å²) < 4.78 is 0. The molecule has 2 heterocycles. The number of fused-ring (bicyclic) bond motifs is 2. The minimum atomic E-state index is -0.172. The van der Waals surface area contributed by atoms with Crippen LogP contribution in [0.25, 0.3) is 0 Å². The molecule has 1 N–H and O–H groups in total. The van der Waals surface area contributed by atoms with Crippen LogP contribution in [0.2, 0.25) is 0 Å². The fourth-order valence-electron chi connectivity index (χ4n) is 6.99. The molecule has 5 atom stereocenters. The zero-order valence-corrected chi connectivity index (χ0v) is 16.4. The number of nitrogens with zero attached hydrogens (tertiary/aromatic N) is 2. The van der Waals surface area contributed by atoms with Gasteiger partial charge in [-0.25, -0.2) is 4.98 Å². The van der Waals surface area contributed by atoms with Crippen LogP contribution in [-0.2, 0) is 11.3 Å². The summed E-state index contributed by atoms with van der Waals surface area (Å²) in [5.41, 5.74) is 2.89. The van der Waals surface area contributed by atoms with Crippen LogP contribution in [0.1, 0.15) is 44.6 Å². The average molecular weight is 374 g/mol. The zero-order valence-electron chi connectivity index (χ0n) is 16.4. The lowest BCUT2D eigenvalue weighted by atomic mass is 9.45. The fraction of sp³-hybridized carbons (Fsp3) is 0.500. The second kappa shape index (κ2) is 5.82. The predicted octanol–water partition coefficient (Wildman–Crippen LogP) is 5.13. The summed E-state index contributed by atoms with van der Waals surface area (Å²) in [6.45, 7) is 2.96. The highest BCUT2D eigenvalue weighted by atomic mass is 16.2. The van der Waals surface area contributed by atoms with Crippen LogP contribution in [0.5, 0.6) is 0 Å². The van der Waals surface area contributed by atoms with Crippen LogP contribution in [0.3, 0.4) is 0 Å². The van der Waals surface area contributed by atoms with Crippen molar-refractivity contribution in [3.63, 3.8) is 0 Å². The molecule has 4 heteroatoms. The average Bonchev–Trinajstić information content (AvgIpc) is 2.87. The van der Waals surface area contributed by atoms with E-state index >= 15 is 0 Å². The molecule has 7 rings (SSSR count). The smallest absolute Gasteiger partial charge is 0.233 e. The van der Waals surface area contributed by atoms with Crippen LogP contribution in [0.15, 0.2) is 42.6 Å².